The van der Waals surface area contributed by atoms with E-state index in [1.165, 1.54) is 0 Å². The summed E-state index contributed by atoms with van der Waals surface area (Å²) in [7, 11) is 0. The minimum atomic E-state index is -0.279. The van der Waals surface area contributed by atoms with E-state index in [1.807, 2.05) is 6.92 Å². The number of hydrogen-bond acceptors (Lipinski definition) is 2. The lowest BCUT2D eigenvalue weighted by Gasteiger charge is -2.35. The average Bonchev–Trinajstić information content (AvgIpc) is 2.66. The molecule has 1 atom stereocenters. The molecule has 102 valence electrons. The molecule has 4 heteroatoms. The van der Waals surface area contributed by atoms with Crippen molar-refractivity contribution in [2.24, 2.45) is 16.7 Å². The van der Waals surface area contributed by atoms with E-state index in [9.17, 15) is 9.59 Å². The molecule has 1 aliphatic carbocycles. The second kappa shape index (κ2) is 3.97. The molecule has 1 saturated carbocycles. The molecule has 1 aliphatic heterocycles. The van der Waals surface area contributed by atoms with Crippen molar-refractivity contribution in [2.75, 3.05) is 13.1 Å². The van der Waals surface area contributed by atoms with Crippen molar-refractivity contribution in [3.63, 3.8) is 0 Å². The molecule has 1 N–H and O–H groups in total. The minimum absolute atomic E-state index is 0.00615. The normalized spacial score (nSPS) is 30.3. The van der Waals surface area contributed by atoms with E-state index in [0.29, 0.717) is 18.9 Å². The first kappa shape index (κ1) is 13.4. The van der Waals surface area contributed by atoms with Gasteiger partial charge < -0.3 is 10.2 Å². The number of carbonyl (C=O) groups is 2. The zero-order chi connectivity index (χ0) is 13.7. The molecule has 0 aromatic heterocycles. The number of carbonyl (C=O) groups excluding carboxylic acids is 2. The summed E-state index contributed by atoms with van der Waals surface area (Å²) in [5.41, 5.74) is 0.499. The van der Waals surface area contributed by atoms with Crippen LogP contribution in [0.3, 0.4) is 0 Å². The van der Waals surface area contributed by atoms with Crippen molar-refractivity contribution in [3.05, 3.63) is 0 Å². The van der Waals surface area contributed by atoms with Gasteiger partial charge in [0.2, 0.25) is 11.8 Å². The number of amides is 2. The van der Waals surface area contributed by atoms with Crippen LogP contribution >= 0.6 is 0 Å². The van der Waals surface area contributed by atoms with Gasteiger partial charge in [0.25, 0.3) is 0 Å². The third-order valence-electron chi connectivity index (χ3n) is 5.50. The maximum Gasteiger partial charge on any atom is 0.243 e. The van der Waals surface area contributed by atoms with E-state index in [1.54, 1.807) is 4.90 Å². The van der Waals surface area contributed by atoms with Gasteiger partial charge in [0, 0.05) is 6.54 Å². The molecule has 0 aromatic rings. The largest absolute Gasteiger partial charge is 0.345 e. The molecule has 1 saturated heterocycles. The van der Waals surface area contributed by atoms with E-state index in [-0.39, 0.29) is 35.2 Å². The number of nitrogens with one attached hydrogen (secondary N) is 1. The SMILES string of the molecule is CCC1C(=O)NCC(=O)N1CC1C(C)(C)C1(C)C. The predicted molar refractivity (Wildman–Crippen MR) is 69.9 cm³/mol. The molecular formula is C14H24N2O2. The maximum absolute atomic E-state index is 12.0. The molecule has 0 radical (unpaired) electrons. The predicted octanol–water partition coefficient (Wildman–Crippen LogP) is 1.41. The second-order valence-electron chi connectivity index (χ2n) is 6.68. The summed E-state index contributed by atoms with van der Waals surface area (Å²) < 4.78 is 0. The minimum Gasteiger partial charge on any atom is -0.345 e. The van der Waals surface area contributed by atoms with Crippen LogP contribution in [0.4, 0.5) is 0 Å². The van der Waals surface area contributed by atoms with E-state index < -0.39 is 0 Å². The Kier molecular flexibility index (Phi) is 2.95. The Hall–Kier alpha value is -1.06. The van der Waals surface area contributed by atoms with Crippen molar-refractivity contribution < 1.29 is 9.59 Å². The summed E-state index contributed by atoms with van der Waals surface area (Å²) in [5, 5.41) is 2.67. The third-order valence-corrected chi connectivity index (χ3v) is 5.50. The van der Waals surface area contributed by atoms with Gasteiger partial charge in [0.1, 0.15) is 6.04 Å². The van der Waals surface area contributed by atoms with Crippen molar-refractivity contribution in [2.45, 2.75) is 47.1 Å². The maximum atomic E-state index is 12.0. The van der Waals surface area contributed by atoms with Gasteiger partial charge in [-0.1, -0.05) is 34.6 Å². The Labute approximate surface area is 109 Å². The van der Waals surface area contributed by atoms with Gasteiger partial charge in [0.15, 0.2) is 0 Å². The van der Waals surface area contributed by atoms with Crippen LogP contribution in [0.5, 0.6) is 0 Å². The van der Waals surface area contributed by atoms with Gasteiger partial charge in [-0.15, -0.1) is 0 Å². The van der Waals surface area contributed by atoms with E-state index >= 15 is 0 Å². The van der Waals surface area contributed by atoms with Gasteiger partial charge in [-0.25, -0.2) is 0 Å². The lowest BCUT2D eigenvalue weighted by molar-refractivity contribution is -0.146. The molecule has 2 rings (SSSR count). The summed E-state index contributed by atoms with van der Waals surface area (Å²) >= 11 is 0. The Morgan fingerprint density at radius 1 is 1.22 bits per heavy atom. The third kappa shape index (κ3) is 1.73. The highest BCUT2D eigenvalue weighted by Crippen LogP contribution is 2.68. The van der Waals surface area contributed by atoms with Crippen molar-refractivity contribution >= 4 is 11.8 Å². The standard InChI is InChI=1S/C14H24N2O2/c1-6-9-12(18)15-7-11(17)16(9)8-10-13(2,3)14(10,4)5/h9-10H,6-8H2,1-5H3,(H,15,18). The fourth-order valence-corrected chi connectivity index (χ4v) is 3.32. The van der Waals surface area contributed by atoms with Gasteiger partial charge in [-0.2, -0.15) is 0 Å². The van der Waals surface area contributed by atoms with Gasteiger partial charge in [-0.3, -0.25) is 9.59 Å². The molecule has 0 spiro atoms. The van der Waals surface area contributed by atoms with Crippen molar-refractivity contribution in [3.8, 4) is 0 Å². The molecule has 2 fully saturated rings. The molecule has 0 aromatic carbocycles. The van der Waals surface area contributed by atoms with E-state index in [2.05, 4.69) is 33.0 Å². The van der Waals surface area contributed by atoms with Crippen molar-refractivity contribution in [1.82, 2.24) is 10.2 Å². The van der Waals surface area contributed by atoms with Crippen LogP contribution in [0.25, 0.3) is 0 Å². The molecule has 18 heavy (non-hydrogen) atoms. The first-order valence-electron chi connectivity index (χ1n) is 6.80. The summed E-state index contributed by atoms with van der Waals surface area (Å²) in [4.78, 5) is 25.6. The van der Waals surface area contributed by atoms with Gasteiger partial charge >= 0.3 is 0 Å². The summed E-state index contributed by atoms with van der Waals surface area (Å²) in [6.07, 6.45) is 0.686. The van der Waals surface area contributed by atoms with Crippen molar-refractivity contribution in [1.29, 1.82) is 0 Å². The monoisotopic (exact) mass is 252 g/mol. The Morgan fingerprint density at radius 2 is 1.78 bits per heavy atom. The quantitative estimate of drug-likeness (QED) is 0.825. The van der Waals surface area contributed by atoms with Crippen LogP contribution in [0.15, 0.2) is 0 Å². The first-order chi connectivity index (χ1) is 8.23. The highest BCUT2D eigenvalue weighted by Gasteiger charge is 2.65. The molecule has 0 bridgehead atoms. The fraction of sp³-hybridized carbons (Fsp3) is 0.857. The van der Waals surface area contributed by atoms with Crippen LogP contribution in [-0.4, -0.2) is 35.8 Å². The molecule has 1 heterocycles. The lowest BCUT2D eigenvalue weighted by atomic mass is 10.0. The van der Waals surface area contributed by atoms with E-state index in [4.69, 9.17) is 0 Å². The molecule has 2 aliphatic rings. The van der Waals surface area contributed by atoms with Crippen LogP contribution in [-0.2, 0) is 9.59 Å². The van der Waals surface area contributed by atoms with Crippen LogP contribution in [0.1, 0.15) is 41.0 Å². The average molecular weight is 252 g/mol. The van der Waals surface area contributed by atoms with Gasteiger partial charge in [-0.05, 0) is 23.2 Å². The summed E-state index contributed by atoms with van der Waals surface area (Å²) in [5.74, 6) is 0.530. The fourth-order valence-electron chi connectivity index (χ4n) is 3.32. The van der Waals surface area contributed by atoms with Crippen LogP contribution < -0.4 is 5.32 Å². The number of nitrogens with zero attached hydrogens (tertiary/aromatic N) is 1. The molecule has 4 nitrogen and oxygen atoms in total. The smallest absolute Gasteiger partial charge is 0.243 e. The summed E-state index contributed by atoms with van der Waals surface area (Å²) in [6.45, 7) is 11.8. The number of piperazine rings is 1. The second-order valence-corrected chi connectivity index (χ2v) is 6.68. The molecule has 2 amide bonds. The van der Waals surface area contributed by atoms with Gasteiger partial charge in [0.05, 0.1) is 6.54 Å². The zero-order valence-electron chi connectivity index (χ0n) is 12.0. The first-order valence-corrected chi connectivity index (χ1v) is 6.80. The topological polar surface area (TPSA) is 49.4 Å². The number of rotatable bonds is 3. The molecular weight excluding hydrogens is 228 g/mol. The summed E-state index contributed by atoms with van der Waals surface area (Å²) in [6, 6.07) is -0.279. The lowest BCUT2D eigenvalue weighted by Crippen LogP contribution is -2.58. The highest BCUT2D eigenvalue weighted by atomic mass is 16.2. The van der Waals surface area contributed by atoms with Crippen LogP contribution in [0.2, 0.25) is 0 Å². The zero-order valence-corrected chi connectivity index (χ0v) is 12.0. The highest BCUT2D eigenvalue weighted by molar-refractivity contribution is 5.94. The Morgan fingerprint density at radius 3 is 2.22 bits per heavy atom. The van der Waals surface area contributed by atoms with Crippen LogP contribution in [0, 0.1) is 16.7 Å². The molecule has 1 unspecified atom stereocenters. The number of hydrogen-bond donors (Lipinski definition) is 1. The Balaban J connectivity index is 2.12. The van der Waals surface area contributed by atoms with E-state index in [0.717, 1.165) is 0 Å². The Bertz CT molecular complexity index is 373.